The molecule has 0 spiro atoms. The number of nitrogens with zero attached hydrogens (tertiary/aromatic N) is 2. The van der Waals surface area contributed by atoms with E-state index in [2.05, 4.69) is 18.8 Å². The molecule has 0 saturated heterocycles. The summed E-state index contributed by atoms with van der Waals surface area (Å²) in [5.41, 5.74) is -2.84. The Labute approximate surface area is 149 Å². The fraction of sp³-hybridized carbons (Fsp3) is 0.722. The normalized spacial score (nSPS) is 11.1. The van der Waals surface area contributed by atoms with E-state index < -0.39 is 21.9 Å². The smallest absolute Gasteiger partial charge is 0.273 e. The van der Waals surface area contributed by atoms with Gasteiger partial charge in [0.25, 0.3) is 0 Å². The molecule has 0 saturated carbocycles. The van der Waals surface area contributed by atoms with Gasteiger partial charge < -0.3 is 0 Å². The summed E-state index contributed by atoms with van der Waals surface area (Å²) >= 11 is 0. The van der Waals surface area contributed by atoms with Crippen LogP contribution in [-0.2, 0) is 4.79 Å². The van der Waals surface area contributed by atoms with Crippen LogP contribution in [0.25, 0.3) is 0 Å². The van der Waals surface area contributed by atoms with E-state index in [0.717, 1.165) is 19.1 Å². The number of hydrogen-bond donors (Lipinski definition) is 0. The molecule has 139 valence electrons. The molecule has 0 aliphatic heterocycles. The van der Waals surface area contributed by atoms with Gasteiger partial charge in [-0.15, -0.1) is 5.92 Å². The third-order valence-electron chi connectivity index (χ3n) is 3.83. The lowest BCUT2D eigenvalue weighted by atomic mass is 10.1. The predicted molar refractivity (Wildman–Crippen MR) is 95.8 cm³/mol. The largest absolute Gasteiger partial charge is 0.523 e. The van der Waals surface area contributed by atoms with Crippen LogP contribution in [-0.4, -0.2) is 21.8 Å². The molecule has 0 bridgehead atoms. The van der Waals surface area contributed by atoms with E-state index >= 15 is 0 Å². The summed E-state index contributed by atoms with van der Waals surface area (Å²) in [5.74, 6) is 6.13. The highest BCUT2D eigenvalue weighted by molar-refractivity contribution is 5.59. The van der Waals surface area contributed by atoms with E-state index in [9.17, 15) is 25.0 Å². The van der Waals surface area contributed by atoms with E-state index in [0.29, 0.717) is 12.8 Å². The molecule has 1 radical (unpaired) electrons. The van der Waals surface area contributed by atoms with Crippen LogP contribution in [0.1, 0.15) is 77.6 Å². The maximum absolute atomic E-state index is 10.7. The minimum absolute atomic E-state index is 0.166. The second kappa shape index (κ2) is 14.1. The molecule has 0 aromatic carbocycles. The van der Waals surface area contributed by atoms with Gasteiger partial charge in [0.15, 0.2) is 0 Å². The molecule has 0 fully saturated rings. The molecule has 0 aromatic heterocycles. The standard InChI is InChI=1S/C18H27N2O5/c1-2-3-4-5-6-7-8-9-10-11-12-13-14-15-16-18(17-21,19(22)23)20(24)25/h12-13H,2-8,11,14-16H2,1H3. The molecule has 0 unspecified atom stereocenters. The zero-order chi connectivity index (χ0) is 19.0. The molecule has 0 N–H and O–H groups in total. The number of nitro groups is 2. The van der Waals surface area contributed by atoms with Crippen LogP contribution in [0.4, 0.5) is 0 Å². The van der Waals surface area contributed by atoms with Crippen LogP contribution >= 0.6 is 0 Å². The Bertz CT molecular complexity index is 491. The van der Waals surface area contributed by atoms with Gasteiger partial charge in [-0.1, -0.05) is 57.1 Å². The van der Waals surface area contributed by atoms with Crippen molar-refractivity contribution in [1.82, 2.24) is 0 Å². The van der Waals surface area contributed by atoms with E-state index in [-0.39, 0.29) is 6.42 Å². The van der Waals surface area contributed by atoms with Crippen LogP contribution in [0.3, 0.4) is 0 Å². The van der Waals surface area contributed by atoms with Crippen molar-refractivity contribution in [3.8, 4) is 11.8 Å². The van der Waals surface area contributed by atoms with Gasteiger partial charge in [-0.05, 0) is 19.3 Å². The van der Waals surface area contributed by atoms with Crippen molar-refractivity contribution < 1.29 is 14.6 Å². The number of rotatable bonds is 14. The fourth-order valence-electron chi connectivity index (χ4n) is 2.26. The van der Waals surface area contributed by atoms with Gasteiger partial charge in [0.2, 0.25) is 0 Å². The molecule has 0 atom stereocenters. The average molecular weight is 351 g/mol. The Balaban J connectivity index is 3.87. The molecule has 7 heteroatoms. The van der Waals surface area contributed by atoms with Crippen molar-refractivity contribution in [2.45, 2.75) is 83.2 Å². The van der Waals surface area contributed by atoms with E-state index in [1.54, 1.807) is 6.08 Å². The van der Waals surface area contributed by atoms with Crippen LogP contribution < -0.4 is 0 Å². The van der Waals surface area contributed by atoms with Crippen molar-refractivity contribution in [3.05, 3.63) is 32.4 Å². The summed E-state index contributed by atoms with van der Waals surface area (Å²) in [5, 5.41) is 21.4. The number of carbonyl (C=O) groups excluding carboxylic acids is 1. The molecule has 0 amide bonds. The third kappa shape index (κ3) is 9.60. The van der Waals surface area contributed by atoms with Crippen LogP contribution in [0.5, 0.6) is 0 Å². The zero-order valence-electron chi connectivity index (χ0n) is 14.9. The summed E-state index contributed by atoms with van der Waals surface area (Å²) in [7, 11) is 0. The summed E-state index contributed by atoms with van der Waals surface area (Å²) in [6.07, 6.45) is 13.6. The van der Waals surface area contributed by atoms with Gasteiger partial charge in [-0.2, -0.15) is 0 Å². The molecular formula is C18H27N2O5. The van der Waals surface area contributed by atoms with Crippen molar-refractivity contribution in [2.24, 2.45) is 0 Å². The van der Waals surface area contributed by atoms with Crippen LogP contribution in [0, 0.1) is 32.1 Å². The summed E-state index contributed by atoms with van der Waals surface area (Å²) in [6, 6.07) is 0. The number of unbranched alkanes of at least 4 members (excludes halogenated alkanes) is 7. The van der Waals surface area contributed by atoms with Gasteiger partial charge in [0, 0.05) is 12.8 Å². The van der Waals surface area contributed by atoms with Gasteiger partial charge in [-0.25, -0.2) is 0 Å². The van der Waals surface area contributed by atoms with Crippen molar-refractivity contribution in [2.75, 3.05) is 0 Å². The first-order valence-corrected chi connectivity index (χ1v) is 8.80. The molecule has 7 nitrogen and oxygen atoms in total. The molecule has 25 heavy (non-hydrogen) atoms. The summed E-state index contributed by atoms with van der Waals surface area (Å²) in [4.78, 5) is 29.7. The van der Waals surface area contributed by atoms with E-state index in [4.69, 9.17) is 0 Å². The molecule has 0 aliphatic rings. The quantitative estimate of drug-likeness (QED) is 0.116. The first-order chi connectivity index (χ1) is 12.0. The first kappa shape index (κ1) is 22.8. The van der Waals surface area contributed by atoms with Gasteiger partial charge in [0.05, 0.1) is 6.42 Å². The second-order valence-electron chi connectivity index (χ2n) is 5.87. The number of allylic oxidation sites excluding steroid dienone is 2. The van der Waals surface area contributed by atoms with Crippen molar-refractivity contribution in [1.29, 1.82) is 0 Å². The Kier molecular flexibility index (Phi) is 12.9. The molecule has 0 heterocycles. The molecule has 0 aromatic rings. The Hall–Kier alpha value is -2.23. The SMILES string of the molecule is CCCCCCCCC#CCC=CCCCC([C]=O)([N+](=O)[O-])[N+](=O)[O-]. The molecule has 0 rings (SSSR count). The van der Waals surface area contributed by atoms with Crippen LogP contribution in [0.15, 0.2) is 12.2 Å². The maximum atomic E-state index is 10.7. The Morgan fingerprint density at radius 1 is 0.920 bits per heavy atom. The lowest BCUT2D eigenvalue weighted by Crippen LogP contribution is -2.47. The van der Waals surface area contributed by atoms with Crippen LogP contribution in [0.2, 0.25) is 0 Å². The van der Waals surface area contributed by atoms with Crippen molar-refractivity contribution in [3.63, 3.8) is 0 Å². The topological polar surface area (TPSA) is 103 Å². The fourth-order valence-corrected chi connectivity index (χ4v) is 2.26. The minimum atomic E-state index is -2.84. The highest BCUT2D eigenvalue weighted by atomic mass is 16.7. The second-order valence-corrected chi connectivity index (χ2v) is 5.87. The van der Waals surface area contributed by atoms with E-state index in [1.165, 1.54) is 32.1 Å². The lowest BCUT2D eigenvalue weighted by Gasteiger charge is -2.08. The Morgan fingerprint density at radius 3 is 2.16 bits per heavy atom. The summed E-state index contributed by atoms with van der Waals surface area (Å²) < 4.78 is 0. The van der Waals surface area contributed by atoms with Gasteiger partial charge in [0.1, 0.15) is 9.85 Å². The predicted octanol–water partition coefficient (Wildman–Crippen LogP) is 4.22. The number of hydrogen-bond acceptors (Lipinski definition) is 5. The Morgan fingerprint density at radius 2 is 1.56 bits per heavy atom. The highest BCUT2D eigenvalue weighted by Crippen LogP contribution is 2.17. The lowest BCUT2D eigenvalue weighted by molar-refractivity contribution is -0.772. The zero-order valence-corrected chi connectivity index (χ0v) is 14.9. The van der Waals surface area contributed by atoms with Gasteiger partial charge in [-0.3, -0.25) is 25.0 Å². The van der Waals surface area contributed by atoms with Gasteiger partial charge >= 0.3 is 11.9 Å². The third-order valence-corrected chi connectivity index (χ3v) is 3.83. The summed E-state index contributed by atoms with van der Waals surface area (Å²) in [6.45, 7) is 2.20. The minimum Gasteiger partial charge on any atom is -0.273 e. The molecular weight excluding hydrogens is 324 g/mol. The van der Waals surface area contributed by atoms with Crippen molar-refractivity contribution >= 4 is 6.29 Å². The van der Waals surface area contributed by atoms with E-state index in [1.807, 2.05) is 6.08 Å². The monoisotopic (exact) mass is 351 g/mol. The first-order valence-electron chi connectivity index (χ1n) is 8.80. The maximum Gasteiger partial charge on any atom is 0.523 e. The highest BCUT2D eigenvalue weighted by Gasteiger charge is 2.57. The molecule has 0 aliphatic carbocycles. The average Bonchev–Trinajstić information content (AvgIpc) is 2.58.